The van der Waals surface area contributed by atoms with E-state index in [2.05, 4.69) is 15.6 Å². The topological polar surface area (TPSA) is 63.2 Å². The third-order valence-corrected chi connectivity index (χ3v) is 3.69. The van der Waals surface area contributed by atoms with Gasteiger partial charge >= 0.3 is 6.03 Å². The third kappa shape index (κ3) is 3.31. The number of hydrogen-bond donors (Lipinski definition) is 2. The van der Waals surface area contributed by atoms with Gasteiger partial charge in [-0.2, -0.15) is 0 Å². The Morgan fingerprint density at radius 3 is 2.95 bits per heavy atom. The van der Waals surface area contributed by atoms with Crippen LogP contribution in [0.25, 0.3) is 10.9 Å². The predicted molar refractivity (Wildman–Crippen MR) is 82.4 cm³/mol. The fourth-order valence-electron chi connectivity index (χ4n) is 2.59. The highest BCUT2D eigenvalue weighted by Crippen LogP contribution is 2.19. The zero-order valence-electron chi connectivity index (χ0n) is 12.1. The van der Waals surface area contributed by atoms with Gasteiger partial charge in [0, 0.05) is 12.0 Å². The summed E-state index contributed by atoms with van der Waals surface area (Å²) in [7, 11) is 0. The van der Waals surface area contributed by atoms with Crippen LogP contribution >= 0.6 is 0 Å². The minimum absolute atomic E-state index is 0.245. The van der Waals surface area contributed by atoms with E-state index in [4.69, 9.17) is 4.74 Å². The molecule has 2 N–H and O–H groups in total. The number of hydrogen-bond acceptors (Lipinski definition) is 3. The Morgan fingerprint density at radius 1 is 1.29 bits per heavy atom. The number of ether oxygens (including phenoxy) is 1. The largest absolute Gasteiger partial charge is 0.379 e. The lowest BCUT2D eigenvalue weighted by atomic mass is 9.95. The summed E-state index contributed by atoms with van der Waals surface area (Å²) < 4.78 is 5.44. The van der Waals surface area contributed by atoms with Gasteiger partial charge in [0.05, 0.1) is 17.7 Å². The number of nitrogens with one attached hydrogen (secondary N) is 2. The summed E-state index contributed by atoms with van der Waals surface area (Å²) in [6.07, 6.45) is 1.89. The number of urea groups is 1. The van der Waals surface area contributed by atoms with Crippen molar-refractivity contribution in [1.29, 1.82) is 0 Å². The molecule has 3 rings (SSSR count). The van der Waals surface area contributed by atoms with E-state index in [1.165, 1.54) is 0 Å². The van der Waals surface area contributed by atoms with Crippen LogP contribution in [0.2, 0.25) is 0 Å². The highest BCUT2D eigenvalue weighted by molar-refractivity contribution is 5.90. The molecule has 1 aliphatic rings. The molecular weight excluding hydrogens is 266 g/mol. The molecule has 0 aliphatic carbocycles. The number of nitrogens with zero attached hydrogens (tertiary/aromatic N) is 1. The number of rotatable bonds is 2. The number of para-hydroxylation sites is 1. The van der Waals surface area contributed by atoms with E-state index < -0.39 is 0 Å². The summed E-state index contributed by atoms with van der Waals surface area (Å²) in [4.78, 5) is 16.5. The molecule has 0 radical (unpaired) electrons. The van der Waals surface area contributed by atoms with E-state index in [-0.39, 0.29) is 11.6 Å². The van der Waals surface area contributed by atoms with Crippen LogP contribution in [0.15, 0.2) is 36.4 Å². The molecule has 110 valence electrons. The molecule has 1 aromatic heterocycles. The van der Waals surface area contributed by atoms with Crippen molar-refractivity contribution in [3.8, 4) is 0 Å². The van der Waals surface area contributed by atoms with E-state index in [0.29, 0.717) is 12.4 Å². The number of anilines is 1. The van der Waals surface area contributed by atoms with Gasteiger partial charge in [0.15, 0.2) is 0 Å². The summed E-state index contributed by atoms with van der Waals surface area (Å²) in [5, 5.41) is 6.82. The van der Waals surface area contributed by atoms with Crippen LogP contribution in [-0.2, 0) is 4.74 Å². The molecule has 1 fully saturated rings. The molecule has 1 saturated heterocycles. The molecule has 1 aliphatic heterocycles. The summed E-state index contributed by atoms with van der Waals surface area (Å²) in [5.41, 5.74) is 0.557. The highest BCUT2D eigenvalue weighted by atomic mass is 16.5. The second-order valence-electron chi connectivity index (χ2n) is 5.69. The van der Waals surface area contributed by atoms with Gasteiger partial charge in [0.1, 0.15) is 5.82 Å². The smallest absolute Gasteiger partial charge is 0.320 e. The van der Waals surface area contributed by atoms with E-state index >= 15 is 0 Å². The van der Waals surface area contributed by atoms with Gasteiger partial charge in [0.25, 0.3) is 0 Å². The average Bonchev–Trinajstić information content (AvgIpc) is 2.47. The minimum Gasteiger partial charge on any atom is -0.379 e. The van der Waals surface area contributed by atoms with Gasteiger partial charge in [-0.1, -0.05) is 18.2 Å². The van der Waals surface area contributed by atoms with E-state index in [1.807, 2.05) is 43.3 Å². The average molecular weight is 285 g/mol. The van der Waals surface area contributed by atoms with Crippen LogP contribution in [0.1, 0.15) is 19.8 Å². The summed E-state index contributed by atoms with van der Waals surface area (Å²) in [6, 6.07) is 11.3. The van der Waals surface area contributed by atoms with Crippen LogP contribution in [0.5, 0.6) is 0 Å². The van der Waals surface area contributed by atoms with Crippen LogP contribution < -0.4 is 10.6 Å². The van der Waals surface area contributed by atoms with Crippen molar-refractivity contribution in [2.45, 2.75) is 25.3 Å². The summed E-state index contributed by atoms with van der Waals surface area (Å²) >= 11 is 0. The zero-order valence-corrected chi connectivity index (χ0v) is 12.1. The summed E-state index contributed by atoms with van der Waals surface area (Å²) in [6.45, 7) is 3.32. The van der Waals surface area contributed by atoms with Crippen molar-refractivity contribution in [1.82, 2.24) is 10.3 Å². The maximum atomic E-state index is 12.1. The molecule has 21 heavy (non-hydrogen) atoms. The molecule has 1 unspecified atom stereocenters. The number of fused-ring (bicyclic) bond motifs is 1. The Kier molecular flexibility index (Phi) is 3.75. The first-order valence-electron chi connectivity index (χ1n) is 7.17. The fraction of sp³-hybridized carbons (Fsp3) is 0.375. The Balaban J connectivity index is 1.68. The van der Waals surface area contributed by atoms with Crippen LogP contribution in [0, 0.1) is 0 Å². The number of carbonyl (C=O) groups excluding carboxylic acids is 1. The number of carbonyl (C=O) groups is 1. The molecule has 0 spiro atoms. The maximum absolute atomic E-state index is 12.1. The first kappa shape index (κ1) is 13.8. The fourth-order valence-corrected chi connectivity index (χ4v) is 2.59. The van der Waals surface area contributed by atoms with Crippen LogP contribution in [-0.4, -0.2) is 29.8 Å². The lowest BCUT2D eigenvalue weighted by molar-refractivity contribution is 0.0342. The van der Waals surface area contributed by atoms with E-state index in [0.717, 1.165) is 30.4 Å². The predicted octanol–water partition coefficient (Wildman–Crippen LogP) is 2.93. The lowest BCUT2D eigenvalue weighted by Crippen LogP contribution is -2.52. The Labute approximate surface area is 123 Å². The molecule has 5 nitrogen and oxygen atoms in total. The molecule has 0 saturated carbocycles. The quantitative estimate of drug-likeness (QED) is 0.891. The SMILES string of the molecule is CC1(NC(=O)Nc2ccc3ccccc3n2)CCCOC1. The van der Waals surface area contributed by atoms with Crippen LogP contribution in [0.3, 0.4) is 0 Å². The molecule has 2 aromatic rings. The van der Waals surface area contributed by atoms with E-state index in [9.17, 15) is 4.79 Å². The third-order valence-electron chi connectivity index (χ3n) is 3.69. The van der Waals surface area contributed by atoms with Crippen molar-refractivity contribution in [2.75, 3.05) is 18.5 Å². The van der Waals surface area contributed by atoms with Crippen molar-refractivity contribution >= 4 is 22.8 Å². The number of amides is 2. The van der Waals surface area contributed by atoms with Gasteiger partial charge in [-0.25, -0.2) is 9.78 Å². The first-order valence-corrected chi connectivity index (χ1v) is 7.17. The molecule has 0 bridgehead atoms. The standard InChI is InChI=1S/C16H19N3O2/c1-16(9-4-10-21-11-16)19-15(20)18-14-8-7-12-5-2-3-6-13(12)17-14/h2-3,5-8H,4,9-11H2,1H3,(H2,17,18,19,20). The van der Waals surface area contributed by atoms with Gasteiger partial charge in [-0.15, -0.1) is 0 Å². The molecule has 5 heteroatoms. The van der Waals surface area contributed by atoms with Crippen molar-refractivity contribution in [3.63, 3.8) is 0 Å². The highest BCUT2D eigenvalue weighted by Gasteiger charge is 2.29. The molecule has 1 aromatic carbocycles. The normalized spacial score (nSPS) is 22.0. The van der Waals surface area contributed by atoms with Crippen molar-refractivity contribution < 1.29 is 9.53 Å². The van der Waals surface area contributed by atoms with Gasteiger partial charge in [-0.3, -0.25) is 5.32 Å². The monoisotopic (exact) mass is 285 g/mol. The minimum atomic E-state index is -0.306. The Bertz CT molecular complexity index is 651. The van der Waals surface area contributed by atoms with Crippen molar-refractivity contribution in [3.05, 3.63) is 36.4 Å². The molecule has 1 atom stereocenters. The van der Waals surface area contributed by atoms with Crippen LogP contribution in [0.4, 0.5) is 10.6 Å². The van der Waals surface area contributed by atoms with E-state index in [1.54, 1.807) is 0 Å². The second kappa shape index (κ2) is 5.69. The van der Waals surface area contributed by atoms with Gasteiger partial charge in [-0.05, 0) is 38.0 Å². The maximum Gasteiger partial charge on any atom is 0.320 e. The number of aromatic nitrogens is 1. The Morgan fingerprint density at radius 2 is 2.14 bits per heavy atom. The summed E-state index contributed by atoms with van der Waals surface area (Å²) in [5.74, 6) is 0.548. The molecule has 2 heterocycles. The first-order chi connectivity index (χ1) is 10.1. The number of pyridine rings is 1. The lowest BCUT2D eigenvalue weighted by Gasteiger charge is -2.34. The van der Waals surface area contributed by atoms with Gasteiger partial charge in [0.2, 0.25) is 0 Å². The second-order valence-corrected chi connectivity index (χ2v) is 5.69. The van der Waals surface area contributed by atoms with Gasteiger partial charge < -0.3 is 10.1 Å². The molecular formula is C16H19N3O2. The van der Waals surface area contributed by atoms with Crippen molar-refractivity contribution in [2.24, 2.45) is 0 Å². The Hall–Kier alpha value is -2.14. The molecule has 2 amide bonds. The number of benzene rings is 1. The zero-order chi connectivity index (χ0) is 14.7.